The number of hydrogen-bond acceptors (Lipinski definition) is 3. The highest BCUT2D eigenvalue weighted by Gasteiger charge is 2.32. The van der Waals surface area contributed by atoms with Gasteiger partial charge < -0.3 is 10.2 Å². The van der Waals surface area contributed by atoms with Crippen molar-refractivity contribution in [1.29, 1.82) is 0 Å². The summed E-state index contributed by atoms with van der Waals surface area (Å²) in [5.41, 5.74) is 0. The predicted octanol–water partition coefficient (Wildman–Crippen LogP) is 0.681. The number of piperazine rings is 1. The minimum Gasteiger partial charge on any atom is -0.339 e. The van der Waals surface area contributed by atoms with Crippen molar-refractivity contribution in [3.63, 3.8) is 0 Å². The van der Waals surface area contributed by atoms with Crippen LogP contribution in [0.3, 0.4) is 0 Å². The Kier molecular flexibility index (Phi) is 4.40. The second-order valence-corrected chi connectivity index (χ2v) is 5.34. The Balaban J connectivity index is 1.66. The summed E-state index contributed by atoms with van der Waals surface area (Å²) in [6, 6.07) is 1.28. The van der Waals surface area contributed by atoms with Crippen LogP contribution in [0.2, 0.25) is 0 Å². The van der Waals surface area contributed by atoms with E-state index in [0.717, 1.165) is 38.6 Å². The van der Waals surface area contributed by atoms with Gasteiger partial charge in [-0.2, -0.15) is 0 Å². The molecule has 1 aliphatic heterocycles. The van der Waals surface area contributed by atoms with Crippen molar-refractivity contribution < 1.29 is 4.79 Å². The van der Waals surface area contributed by atoms with Crippen LogP contribution in [-0.2, 0) is 4.79 Å². The summed E-state index contributed by atoms with van der Waals surface area (Å²) >= 11 is 0. The maximum atomic E-state index is 12.0. The first-order chi connectivity index (χ1) is 8.20. The SMILES string of the molecule is CCC(C)NCC(=O)N1CCN(C2CC2)CC1. The van der Waals surface area contributed by atoms with E-state index >= 15 is 0 Å². The third-order valence-electron chi connectivity index (χ3n) is 3.94. The highest BCUT2D eigenvalue weighted by molar-refractivity contribution is 5.78. The van der Waals surface area contributed by atoms with E-state index in [2.05, 4.69) is 24.1 Å². The van der Waals surface area contributed by atoms with Crippen LogP contribution >= 0.6 is 0 Å². The van der Waals surface area contributed by atoms with E-state index in [0.29, 0.717) is 12.6 Å². The van der Waals surface area contributed by atoms with Gasteiger partial charge in [-0.25, -0.2) is 0 Å². The van der Waals surface area contributed by atoms with Gasteiger partial charge in [0.1, 0.15) is 0 Å². The molecule has 1 saturated carbocycles. The largest absolute Gasteiger partial charge is 0.339 e. The first-order valence-electron chi connectivity index (χ1n) is 6.96. The van der Waals surface area contributed by atoms with Crippen molar-refractivity contribution in [3.05, 3.63) is 0 Å². The molecule has 17 heavy (non-hydrogen) atoms. The van der Waals surface area contributed by atoms with Crippen LogP contribution in [0.25, 0.3) is 0 Å². The fourth-order valence-corrected chi connectivity index (χ4v) is 2.29. The number of hydrogen-bond donors (Lipinski definition) is 1. The average molecular weight is 239 g/mol. The summed E-state index contributed by atoms with van der Waals surface area (Å²) in [5, 5.41) is 3.27. The minimum absolute atomic E-state index is 0.265. The van der Waals surface area contributed by atoms with E-state index in [4.69, 9.17) is 0 Å². The van der Waals surface area contributed by atoms with E-state index in [1.54, 1.807) is 0 Å². The molecule has 1 saturated heterocycles. The predicted molar refractivity (Wildman–Crippen MR) is 68.9 cm³/mol. The molecule has 2 rings (SSSR count). The highest BCUT2D eigenvalue weighted by atomic mass is 16.2. The van der Waals surface area contributed by atoms with Crippen molar-refractivity contribution in [2.24, 2.45) is 0 Å². The Morgan fingerprint density at radius 3 is 2.47 bits per heavy atom. The Hall–Kier alpha value is -0.610. The molecule has 1 aliphatic carbocycles. The van der Waals surface area contributed by atoms with Crippen LogP contribution in [0.1, 0.15) is 33.1 Å². The number of carbonyl (C=O) groups is 1. The fourth-order valence-electron chi connectivity index (χ4n) is 2.29. The van der Waals surface area contributed by atoms with Gasteiger partial charge in [-0.3, -0.25) is 9.69 Å². The van der Waals surface area contributed by atoms with Gasteiger partial charge in [0.05, 0.1) is 6.54 Å². The monoisotopic (exact) mass is 239 g/mol. The Morgan fingerprint density at radius 2 is 1.94 bits per heavy atom. The Bertz CT molecular complexity index is 257. The second-order valence-electron chi connectivity index (χ2n) is 5.34. The average Bonchev–Trinajstić information content (AvgIpc) is 3.20. The van der Waals surface area contributed by atoms with Gasteiger partial charge >= 0.3 is 0 Å². The molecule has 4 nitrogen and oxygen atoms in total. The summed E-state index contributed by atoms with van der Waals surface area (Å²) in [6.07, 6.45) is 3.80. The lowest BCUT2D eigenvalue weighted by Gasteiger charge is -2.35. The van der Waals surface area contributed by atoms with Crippen molar-refractivity contribution in [2.45, 2.75) is 45.2 Å². The molecule has 2 fully saturated rings. The van der Waals surface area contributed by atoms with Gasteiger partial charge in [-0.1, -0.05) is 6.92 Å². The van der Waals surface area contributed by atoms with E-state index in [-0.39, 0.29) is 5.91 Å². The number of amides is 1. The second kappa shape index (κ2) is 5.83. The van der Waals surface area contributed by atoms with Gasteiger partial charge in [-0.15, -0.1) is 0 Å². The van der Waals surface area contributed by atoms with Gasteiger partial charge in [0.25, 0.3) is 0 Å². The summed E-state index contributed by atoms with van der Waals surface area (Å²) in [6.45, 7) is 8.72. The molecule has 0 radical (unpaired) electrons. The molecule has 1 N–H and O–H groups in total. The number of carbonyl (C=O) groups excluding carboxylic acids is 1. The van der Waals surface area contributed by atoms with Crippen LogP contribution in [0.4, 0.5) is 0 Å². The topological polar surface area (TPSA) is 35.6 Å². The van der Waals surface area contributed by atoms with E-state index < -0.39 is 0 Å². The first-order valence-corrected chi connectivity index (χ1v) is 6.96. The normalized spacial score (nSPS) is 23.8. The molecule has 1 amide bonds. The number of rotatable bonds is 5. The Morgan fingerprint density at radius 1 is 1.29 bits per heavy atom. The van der Waals surface area contributed by atoms with E-state index in [1.165, 1.54) is 12.8 Å². The van der Waals surface area contributed by atoms with Gasteiger partial charge in [-0.05, 0) is 26.2 Å². The summed E-state index contributed by atoms with van der Waals surface area (Å²) in [7, 11) is 0. The maximum absolute atomic E-state index is 12.0. The van der Waals surface area contributed by atoms with Crippen molar-refractivity contribution in [3.8, 4) is 0 Å². The standard InChI is InChI=1S/C13H25N3O/c1-3-11(2)14-10-13(17)16-8-6-15(7-9-16)12-4-5-12/h11-12,14H,3-10H2,1-2H3. The molecular weight excluding hydrogens is 214 g/mol. The molecule has 0 aromatic carbocycles. The quantitative estimate of drug-likeness (QED) is 0.766. The van der Waals surface area contributed by atoms with Crippen LogP contribution in [0.5, 0.6) is 0 Å². The maximum Gasteiger partial charge on any atom is 0.236 e. The minimum atomic E-state index is 0.265. The van der Waals surface area contributed by atoms with Crippen molar-refractivity contribution in [2.75, 3.05) is 32.7 Å². The van der Waals surface area contributed by atoms with Crippen LogP contribution in [-0.4, -0.2) is 60.5 Å². The summed E-state index contributed by atoms with van der Waals surface area (Å²) in [4.78, 5) is 16.5. The molecule has 0 bridgehead atoms. The van der Waals surface area contributed by atoms with Gasteiger partial charge in [0.2, 0.25) is 5.91 Å². The lowest BCUT2D eigenvalue weighted by Crippen LogP contribution is -2.51. The molecule has 0 aromatic heterocycles. The molecule has 2 aliphatic rings. The highest BCUT2D eigenvalue weighted by Crippen LogP contribution is 2.27. The van der Waals surface area contributed by atoms with Crippen LogP contribution < -0.4 is 5.32 Å². The molecular formula is C13H25N3O. The zero-order chi connectivity index (χ0) is 12.3. The van der Waals surface area contributed by atoms with Gasteiger partial charge in [0, 0.05) is 38.3 Å². The van der Waals surface area contributed by atoms with Crippen LogP contribution in [0, 0.1) is 0 Å². The number of nitrogens with one attached hydrogen (secondary N) is 1. The number of nitrogens with zero attached hydrogens (tertiary/aromatic N) is 2. The zero-order valence-corrected chi connectivity index (χ0v) is 11.1. The molecule has 0 spiro atoms. The third-order valence-corrected chi connectivity index (χ3v) is 3.94. The van der Waals surface area contributed by atoms with Crippen LogP contribution in [0.15, 0.2) is 0 Å². The zero-order valence-electron chi connectivity index (χ0n) is 11.1. The third kappa shape index (κ3) is 3.68. The molecule has 1 unspecified atom stereocenters. The van der Waals surface area contributed by atoms with Crippen molar-refractivity contribution in [1.82, 2.24) is 15.1 Å². The molecule has 0 aromatic rings. The smallest absolute Gasteiger partial charge is 0.236 e. The fraction of sp³-hybridized carbons (Fsp3) is 0.923. The lowest BCUT2D eigenvalue weighted by molar-refractivity contribution is -0.132. The summed E-state index contributed by atoms with van der Waals surface area (Å²) < 4.78 is 0. The molecule has 1 atom stereocenters. The molecule has 1 heterocycles. The van der Waals surface area contributed by atoms with Gasteiger partial charge in [0.15, 0.2) is 0 Å². The summed E-state index contributed by atoms with van der Waals surface area (Å²) in [5.74, 6) is 0.265. The van der Waals surface area contributed by atoms with Crippen molar-refractivity contribution >= 4 is 5.91 Å². The lowest BCUT2D eigenvalue weighted by atomic mass is 10.2. The van der Waals surface area contributed by atoms with E-state index in [1.807, 2.05) is 4.90 Å². The Labute approximate surface area is 104 Å². The first kappa shape index (κ1) is 12.8. The molecule has 4 heteroatoms. The molecule has 98 valence electrons. The van der Waals surface area contributed by atoms with E-state index in [9.17, 15) is 4.79 Å².